The van der Waals surface area contributed by atoms with Crippen molar-refractivity contribution in [3.05, 3.63) is 89.5 Å². The summed E-state index contributed by atoms with van der Waals surface area (Å²) in [6, 6.07) is 24.9. The van der Waals surface area contributed by atoms with E-state index in [9.17, 15) is 0 Å². The average Bonchev–Trinajstić information content (AvgIpc) is 2.84. The maximum absolute atomic E-state index is 6.01. The largest absolute Gasteiger partial charge is 0.493 e. The van der Waals surface area contributed by atoms with Gasteiger partial charge < -0.3 is 19.3 Å². The van der Waals surface area contributed by atoms with Crippen molar-refractivity contribution in [1.29, 1.82) is 0 Å². The van der Waals surface area contributed by atoms with Crippen molar-refractivity contribution in [1.82, 2.24) is 4.90 Å². The lowest BCUT2D eigenvalue weighted by molar-refractivity contribution is 0.284. The van der Waals surface area contributed by atoms with Crippen LogP contribution in [0.1, 0.15) is 16.7 Å². The van der Waals surface area contributed by atoms with Gasteiger partial charge in [-0.2, -0.15) is 0 Å². The van der Waals surface area contributed by atoms with Gasteiger partial charge in [-0.1, -0.05) is 60.2 Å². The molecule has 3 aromatic carbocycles. The van der Waals surface area contributed by atoms with E-state index in [4.69, 9.17) is 21.7 Å². The first kappa shape index (κ1) is 21.2. The number of thiocarbonyl (C=S) groups is 1. The number of para-hydroxylation sites is 1. The van der Waals surface area contributed by atoms with Crippen LogP contribution < -0.4 is 14.4 Å². The van der Waals surface area contributed by atoms with E-state index in [2.05, 4.69) is 71.3 Å². The maximum Gasteiger partial charge on any atom is 0.161 e. The van der Waals surface area contributed by atoms with Crippen LogP contribution >= 0.6 is 12.2 Å². The molecule has 3 aromatic rings. The van der Waals surface area contributed by atoms with E-state index >= 15 is 0 Å². The predicted molar refractivity (Wildman–Crippen MR) is 130 cm³/mol. The third-order valence-corrected chi connectivity index (χ3v) is 6.11. The quantitative estimate of drug-likeness (QED) is 0.506. The zero-order chi connectivity index (χ0) is 21.6. The Morgan fingerprint density at radius 3 is 2.26 bits per heavy atom. The van der Waals surface area contributed by atoms with Crippen molar-refractivity contribution in [3.8, 4) is 11.5 Å². The predicted octanol–water partition coefficient (Wildman–Crippen LogP) is 5.08. The minimum Gasteiger partial charge on any atom is -0.493 e. The van der Waals surface area contributed by atoms with Crippen molar-refractivity contribution < 1.29 is 9.47 Å². The van der Waals surface area contributed by atoms with Gasteiger partial charge in [-0.05, 0) is 42.8 Å². The Hall–Kier alpha value is -3.05. The van der Waals surface area contributed by atoms with Crippen molar-refractivity contribution in [2.75, 3.05) is 38.2 Å². The van der Waals surface area contributed by atoms with E-state index in [0.717, 1.165) is 48.0 Å². The van der Waals surface area contributed by atoms with Gasteiger partial charge >= 0.3 is 0 Å². The van der Waals surface area contributed by atoms with Crippen molar-refractivity contribution in [3.63, 3.8) is 0 Å². The molecule has 1 aliphatic rings. The summed E-state index contributed by atoms with van der Waals surface area (Å²) >= 11 is 5.81. The molecule has 0 N–H and O–H groups in total. The summed E-state index contributed by atoms with van der Waals surface area (Å²) in [5.74, 6) is 1.43. The van der Waals surface area contributed by atoms with Crippen LogP contribution in [-0.2, 0) is 6.61 Å². The summed E-state index contributed by atoms with van der Waals surface area (Å²) in [4.78, 5) is 5.54. The van der Waals surface area contributed by atoms with E-state index in [0.29, 0.717) is 12.4 Å². The van der Waals surface area contributed by atoms with E-state index in [1.165, 1.54) is 11.3 Å². The molecule has 1 aliphatic heterocycles. The molecule has 160 valence electrons. The number of aryl methyl sites for hydroxylation is 1. The summed E-state index contributed by atoms with van der Waals surface area (Å²) < 4.78 is 11.6. The Bertz CT molecular complexity index is 1010. The Morgan fingerprint density at radius 1 is 0.871 bits per heavy atom. The first-order valence-corrected chi connectivity index (χ1v) is 11.0. The molecule has 5 heteroatoms. The highest BCUT2D eigenvalue weighted by Gasteiger charge is 2.21. The third kappa shape index (κ3) is 5.17. The molecule has 0 aliphatic carbocycles. The van der Waals surface area contributed by atoms with Gasteiger partial charge in [-0.15, -0.1) is 0 Å². The molecule has 4 nitrogen and oxygen atoms in total. The van der Waals surface area contributed by atoms with E-state index < -0.39 is 0 Å². The molecule has 0 atom stereocenters. The molecule has 1 heterocycles. The molecule has 4 rings (SSSR count). The Labute approximate surface area is 190 Å². The standard InChI is InChI=1S/C26H28N2O2S/c1-20-8-10-21(11-9-20)19-30-24-13-12-22(18-25(24)29-2)26(31)28-16-14-27(15-17-28)23-6-4-3-5-7-23/h3-13,18H,14-17,19H2,1-2H3. The molecule has 0 bridgehead atoms. The number of rotatable bonds is 6. The van der Waals surface area contributed by atoms with E-state index in [-0.39, 0.29) is 0 Å². The molecular formula is C26H28N2O2S. The summed E-state index contributed by atoms with van der Waals surface area (Å²) in [5, 5.41) is 0. The van der Waals surface area contributed by atoms with Crippen LogP contribution in [0.2, 0.25) is 0 Å². The van der Waals surface area contributed by atoms with Gasteiger partial charge in [-0.3, -0.25) is 0 Å². The summed E-state index contributed by atoms with van der Waals surface area (Å²) in [5.41, 5.74) is 4.62. The highest BCUT2D eigenvalue weighted by Crippen LogP contribution is 2.30. The molecule has 0 saturated carbocycles. The first-order valence-electron chi connectivity index (χ1n) is 10.6. The highest BCUT2D eigenvalue weighted by molar-refractivity contribution is 7.80. The second kappa shape index (κ2) is 9.84. The fourth-order valence-electron chi connectivity index (χ4n) is 3.75. The average molecular weight is 433 g/mol. The maximum atomic E-state index is 6.01. The SMILES string of the molecule is COc1cc(C(=S)N2CCN(c3ccccc3)CC2)ccc1OCc1ccc(C)cc1. The monoisotopic (exact) mass is 432 g/mol. The zero-order valence-electron chi connectivity index (χ0n) is 18.1. The first-order chi connectivity index (χ1) is 15.1. The zero-order valence-corrected chi connectivity index (χ0v) is 18.9. The highest BCUT2D eigenvalue weighted by atomic mass is 32.1. The molecule has 0 radical (unpaired) electrons. The van der Waals surface area contributed by atoms with Gasteiger partial charge in [0.2, 0.25) is 0 Å². The van der Waals surface area contributed by atoms with Gasteiger partial charge in [-0.25, -0.2) is 0 Å². The molecule has 0 unspecified atom stereocenters. The molecule has 0 spiro atoms. The van der Waals surface area contributed by atoms with Crippen LogP contribution in [0.3, 0.4) is 0 Å². The summed E-state index contributed by atoms with van der Waals surface area (Å²) in [6.45, 7) is 6.31. The van der Waals surface area contributed by atoms with Crippen LogP contribution in [0, 0.1) is 6.92 Å². The second-order valence-corrected chi connectivity index (χ2v) is 8.14. The van der Waals surface area contributed by atoms with Gasteiger partial charge in [0.25, 0.3) is 0 Å². The number of piperazine rings is 1. The minimum atomic E-state index is 0.502. The number of hydrogen-bond acceptors (Lipinski definition) is 4. The van der Waals surface area contributed by atoms with Crippen LogP contribution in [0.5, 0.6) is 11.5 Å². The summed E-state index contributed by atoms with van der Waals surface area (Å²) in [6.07, 6.45) is 0. The van der Waals surface area contributed by atoms with Gasteiger partial charge in [0.05, 0.1) is 7.11 Å². The number of hydrogen-bond donors (Lipinski definition) is 0. The van der Waals surface area contributed by atoms with Gasteiger partial charge in [0.1, 0.15) is 11.6 Å². The molecule has 0 amide bonds. The Balaban J connectivity index is 1.39. The van der Waals surface area contributed by atoms with E-state index in [1.54, 1.807) is 7.11 Å². The van der Waals surface area contributed by atoms with Crippen molar-refractivity contribution in [2.45, 2.75) is 13.5 Å². The summed E-state index contributed by atoms with van der Waals surface area (Å²) in [7, 11) is 1.67. The molecule has 0 aromatic heterocycles. The lowest BCUT2D eigenvalue weighted by atomic mass is 10.1. The normalized spacial score (nSPS) is 13.7. The smallest absolute Gasteiger partial charge is 0.161 e. The number of nitrogens with zero attached hydrogens (tertiary/aromatic N) is 2. The van der Waals surface area contributed by atoms with Crippen molar-refractivity contribution in [2.24, 2.45) is 0 Å². The van der Waals surface area contributed by atoms with Gasteiger partial charge in [0, 0.05) is 37.4 Å². The number of benzene rings is 3. The van der Waals surface area contributed by atoms with Crippen LogP contribution in [0.4, 0.5) is 5.69 Å². The van der Waals surface area contributed by atoms with E-state index in [1.807, 2.05) is 18.2 Å². The fourth-order valence-corrected chi connectivity index (χ4v) is 4.06. The van der Waals surface area contributed by atoms with Crippen LogP contribution in [0.15, 0.2) is 72.8 Å². The van der Waals surface area contributed by atoms with Gasteiger partial charge in [0.15, 0.2) is 11.5 Å². The molecule has 1 saturated heterocycles. The topological polar surface area (TPSA) is 24.9 Å². The lowest BCUT2D eigenvalue weighted by Crippen LogP contribution is -2.48. The number of methoxy groups -OCH3 is 1. The van der Waals surface area contributed by atoms with Crippen molar-refractivity contribution >= 4 is 22.9 Å². The third-order valence-electron chi connectivity index (χ3n) is 5.61. The number of ether oxygens (including phenoxy) is 2. The fraction of sp³-hybridized carbons (Fsp3) is 0.269. The lowest BCUT2D eigenvalue weighted by Gasteiger charge is -2.37. The Kier molecular flexibility index (Phi) is 6.73. The van der Waals surface area contributed by atoms with Crippen LogP contribution in [-0.4, -0.2) is 43.2 Å². The number of anilines is 1. The molecule has 31 heavy (non-hydrogen) atoms. The molecular weight excluding hydrogens is 404 g/mol. The minimum absolute atomic E-state index is 0.502. The van der Waals surface area contributed by atoms with Crippen LogP contribution in [0.25, 0.3) is 0 Å². The molecule has 1 fully saturated rings. The Morgan fingerprint density at radius 2 is 1.58 bits per heavy atom. The second-order valence-electron chi connectivity index (χ2n) is 7.75.